The molecule has 0 spiro atoms. The summed E-state index contributed by atoms with van der Waals surface area (Å²) in [4.78, 5) is 11.9. The molecule has 1 rings (SSSR count). The van der Waals surface area contributed by atoms with Crippen molar-refractivity contribution in [3.05, 3.63) is 16.0 Å². The van der Waals surface area contributed by atoms with Crippen LogP contribution in [0.2, 0.25) is 0 Å². The van der Waals surface area contributed by atoms with Gasteiger partial charge in [-0.3, -0.25) is 9.48 Å². The quantitative estimate of drug-likeness (QED) is 0.827. The Hall–Kier alpha value is -1.19. The van der Waals surface area contributed by atoms with E-state index in [0.29, 0.717) is 5.69 Å². The maximum Gasteiger partial charge on any atom is 0.290 e. The topological polar surface area (TPSA) is 52.9 Å². The lowest BCUT2D eigenvalue weighted by atomic mass is 10.2. The summed E-state index contributed by atoms with van der Waals surface area (Å²) in [5.41, 5.74) is 7.01. The number of hydrogen-bond acceptors (Lipinski definition) is 2. The van der Waals surface area contributed by atoms with Crippen molar-refractivity contribution in [2.45, 2.75) is 53.1 Å². The molecule has 0 aliphatic carbocycles. The maximum atomic E-state index is 11.9. The second kappa shape index (κ2) is 4.55. The third kappa shape index (κ3) is 1.80. The van der Waals surface area contributed by atoms with Crippen LogP contribution >= 0.6 is 0 Å². The predicted octanol–water partition coefficient (Wildman–Crippen LogP) is 1.92. The first-order valence-corrected chi connectivity index (χ1v) is 5.65. The minimum Gasteiger partial charge on any atom is -0.393 e. The van der Waals surface area contributed by atoms with Gasteiger partial charge < -0.3 is 5.73 Å². The number of nitrogens with zero attached hydrogens (tertiary/aromatic N) is 2. The molecule has 15 heavy (non-hydrogen) atoms. The fraction of sp³-hybridized carbons (Fsp3) is 0.727. The van der Waals surface area contributed by atoms with Gasteiger partial charge in [-0.15, -0.1) is 0 Å². The summed E-state index contributed by atoms with van der Waals surface area (Å²) < 4.78 is 3.79. The van der Waals surface area contributed by atoms with E-state index in [1.807, 2.05) is 23.2 Å². The van der Waals surface area contributed by atoms with E-state index in [1.54, 1.807) is 0 Å². The first-order chi connectivity index (χ1) is 7.08. The van der Waals surface area contributed by atoms with Gasteiger partial charge in [0, 0.05) is 6.54 Å². The van der Waals surface area contributed by atoms with Crippen LogP contribution in [0.3, 0.4) is 0 Å². The molecule has 4 nitrogen and oxygen atoms in total. The van der Waals surface area contributed by atoms with Crippen LogP contribution in [0.4, 0.5) is 5.69 Å². The standard InChI is InChI=1S/C11H21N3O/c1-5-9(6-2)14-11(15)10(12)8(4)13(14)7-3/h9H,5-7,12H2,1-4H3. The molecule has 2 N–H and O–H groups in total. The van der Waals surface area contributed by atoms with Crippen molar-refractivity contribution < 1.29 is 0 Å². The first-order valence-electron chi connectivity index (χ1n) is 5.65. The molecule has 0 fully saturated rings. The molecule has 0 bridgehead atoms. The van der Waals surface area contributed by atoms with Crippen molar-refractivity contribution in [3.63, 3.8) is 0 Å². The molecular weight excluding hydrogens is 190 g/mol. The average molecular weight is 211 g/mol. The molecule has 1 heterocycles. The molecule has 4 heteroatoms. The average Bonchev–Trinajstić information content (AvgIpc) is 2.46. The van der Waals surface area contributed by atoms with E-state index < -0.39 is 0 Å². The molecule has 0 aliphatic rings. The largest absolute Gasteiger partial charge is 0.393 e. The Morgan fingerprint density at radius 1 is 1.27 bits per heavy atom. The monoisotopic (exact) mass is 211 g/mol. The zero-order valence-corrected chi connectivity index (χ0v) is 10.1. The van der Waals surface area contributed by atoms with Crippen LogP contribution in [0.15, 0.2) is 4.79 Å². The maximum absolute atomic E-state index is 11.9. The van der Waals surface area contributed by atoms with Crippen molar-refractivity contribution in [2.75, 3.05) is 5.73 Å². The van der Waals surface area contributed by atoms with Crippen LogP contribution in [-0.4, -0.2) is 9.36 Å². The Kier molecular flexibility index (Phi) is 3.61. The van der Waals surface area contributed by atoms with E-state index in [-0.39, 0.29) is 11.6 Å². The van der Waals surface area contributed by atoms with E-state index in [2.05, 4.69) is 13.8 Å². The molecular formula is C11H21N3O. The Morgan fingerprint density at radius 2 is 1.80 bits per heavy atom. The molecule has 0 saturated heterocycles. The fourth-order valence-corrected chi connectivity index (χ4v) is 2.08. The highest BCUT2D eigenvalue weighted by molar-refractivity contribution is 5.40. The number of aromatic nitrogens is 2. The summed E-state index contributed by atoms with van der Waals surface area (Å²) >= 11 is 0. The van der Waals surface area contributed by atoms with Crippen molar-refractivity contribution in [1.29, 1.82) is 0 Å². The molecule has 0 saturated carbocycles. The van der Waals surface area contributed by atoms with E-state index in [9.17, 15) is 4.79 Å². The Balaban J connectivity index is 3.39. The van der Waals surface area contributed by atoms with E-state index in [0.717, 1.165) is 25.1 Å². The first kappa shape index (κ1) is 11.9. The lowest BCUT2D eigenvalue weighted by Gasteiger charge is -2.19. The molecule has 0 aliphatic heterocycles. The molecule has 0 unspecified atom stereocenters. The number of anilines is 1. The zero-order valence-electron chi connectivity index (χ0n) is 10.1. The number of hydrogen-bond donors (Lipinski definition) is 1. The summed E-state index contributed by atoms with van der Waals surface area (Å²) in [6.07, 6.45) is 1.92. The second-order valence-electron chi connectivity index (χ2n) is 3.83. The minimum atomic E-state index is -0.0388. The lowest BCUT2D eigenvalue weighted by molar-refractivity contribution is 0.345. The summed E-state index contributed by atoms with van der Waals surface area (Å²) in [7, 11) is 0. The van der Waals surface area contributed by atoms with E-state index in [1.165, 1.54) is 0 Å². The molecule has 1 aromatic rings. The van der Waals surface area contributed by atoms with Crippen molar-refractivity contribution >= 4 is 5.69 Å². The Bertz CT molecular complexity index is 385. The van der Waals surface area contributed by atoms with Gasteiger partial charge in [0.05, 0.1) is 11.7 Å². The molecule has 0 atom stereocenters. The van der Waals surface area contributed by atoms with Crippen molar-refractivity contribution in [2.24, 2.45) is 0 Å². The summed E-state index contributed by atoms with van der Waals surface area (Å²) in [5, 5.41) is 0. The van der Waals surface area contributed by atoms with Crippen LogP contribution in [0.5, 0.6) is 0 Å². The van der Waals surface area contributed by atoms with Crippen molar-refractivity contribution in [3.8, 4) is 0 Å². The third-order valence-electron chi connectivity index (χ3n) is 3.06. The smallest absolute Gasteiger partial charge is 0.290 e. The second-order valence-corrected chi connectivity index (χ2v) is 3.83. The van der Waals surface area contributed by atoms with Gasteiger partial charge in [0.25, 0.3) is 5.56 Å². The molecule has 0 amide bonds. The number of nitrogens with two attached hydrogens (primary N) is 1. The summed E-state index contributed by atoms with van der Waals surface area (Å²) in [5.74, 6) is 0. The molecule has 0 radical (unpaired) electrons. The number of nitrogen functional groups attached to an aromatic ring is 1. The van der Waals surface area contributed by atoms with Gasteiger partial charge in [-0.25, -0.2) is 4.68 Å². The molecule has 86 valence electrons. The fourth-order valence-electron chi connectivity index (χ4n) is 2.08. The summed E-state index contributed by atoms with van der Waals surface area (Å²) in [6.45, 7) is 8.91. The SMILES string of the molecule is CCC(CC)n1c(=O)c(N)c(C)n1CC. The Labute approximate surface area is 90.7 Å². The van der Waals surface area contributed by atoms with Gasteiger partial charge in [0.2, 0.25) is 0 Å². The normalized spacial score (nSPS) is 11.3. The molecule has 1 aromatic heterocycles. The highest BCUT2D eigenvalue weighted by Crippen LogP contribution is 2.17. The zero-order chi connectivity index (χ0) is 11.6. The third-order valence-corrected chi connectivity index (χ3v) is 3.06. The van der Waals surface area contributed by atoms with Gasteiger partial charge in [0.15, 0.2) is 0 Å². The highest BCUT2D eigenvalue weighted by Gasteiger charge is 2.18. The van der Waals surface area contributed by atoms with E-state index in [4.69, 9.17) is 5.73 Å². The van der Waals surface area contributed by atoms with Gasteiger partial charge in [-0.05, 0) is 26.7 Å². The van der Waals surface area contributed by atoms with Crippen LogP contribution in [0.25, 0.3) is 0 Å². The van der Waals surface area contributed by atoms with Gasteiger partial charge >= 0.3 is 0 Å². The van der Waals surface area contributed by atoms with Crippen LogP contribution < -0.4 is 11.3 Å². The summed E-state index contributed by atoms with van der Waals surface area (Å²) in [6, 6.07) is 0.258. The molecule has 0 aromatic carbocycles. The van der Waals surface area contributed by atoms with Gasteiger partial charge in [-0.2, -0.15) is 0 Å². The van der Waals surface area contributed by atoms with Crippen LogP contribution in [0.1, 0.15) is 45.3 Å². The Morgan fingerprint density at radius 3 is 2.20 bits per heavy atom. The minimum absolute atomic E-state index is 0.0388. The number of rotatable bonds is 4. The van der Waals surface area contributed by atoms with Crippen LogP contribution in [0, 0.1) is 6.92 Å². The highest BCUT2D eigenvalue weighted by atomic mass is 16.1. The van der Waals surface area contributed by atoms with E-state index >= 15 is 0 Å². The van der Waals surface area contributed by atoms with Crippen LogP contribution in [-0.2, 0) is 6.54 Å². The lowest BCUT2D eigenvalue weighted by Crippen LogP contribution is -2.27. The van der Waals surface area contributed by atoms with Crippen molar-refractivity contribution in [1.82, 2.24) is 9.36 Å². The van der Waals surface area contributed by atoms with Gasteiger partial charge in [-0.1, -0.05) is 13.8 Å². The van der Waals surface area contributed by atoms with Gasteiger partial charge in [0.1, 0.15) is 5.69 Å². The predicted molar refractivity (Wildman–Crippen MR) is 63.1 cm³/mol.